The minimum atomic E-state index is -0.698. The molecule has 1 unspecified atom stereocenters. The van der Waals surface area contributed by atoms with Gasteiger partial charge in [-0.25, -0.2) is 4.79 Å². The summed E-state index contributed by atoms with van der Waals surface area (Å²) in [4.78, 5) is 19.9. The van der Waals surface area contributed by atoms with Crippen molar-refractivity contribution in [3.8, 4) is 0 Å². The number of aliphatic hydroxyl groups is 1. The second kappa shape index (κ2) is 6.81. The number of hydrogen-bond donors (Lipinski definition) is 2. The van der Waals surface area contributed by atoms with Crippen molar-refractivity contribution >= 4 is 6.03 Å². The fourth-order valence-corrected chi connectivity index (χ4v) is 2.97. The highest BCUT2D eigenvalue weighted by atomic mass is 16.7. The Hall–Kier alpha value is -1.71. The predicted molar refractivity (Wildman–Crippen MR) is 78.9 cm³/mol. The van der Waals surface area contributed by atoms with E-state index in [-0.39, 0.29) is 30.6 Å². The summed E-state index contributed by atoms with van der Waals surface area (Å²) < 4.78 is 5.55. The van der Waals surface area contributed by atoms with Crippen LogP contribution in [-0.4, -0.2) is 57.1 Å². The van der Waals surface area contributed by atoms with Crippen LogP contribution in [0.25, 0.3) is 0 Å². The zero-order chi connectivity index (χ0) is 16.4. The van der Waals surface area contributed by atoms with Gasteiger partial charge in [0.05, 0.1) is 19.3 Å². The zero-order valence-electron chi connectivity index (χ0n) is 13.2. The first-order valence-electron chi connectivity index (χ1n) is 8.08. The second-order valence-electron chi connectivity index (χ2n) is 5.96. The van der Waals surface area contributed by atoms with Crippen molar-refractivity contribution in [2.45, 2.75) is 50.7 Å². The number of nitrogens with zero attached hydrogens (tertiary/aromatic N) is 4. The van der Waals surface area contributed by atoms with Crippen LogP contribution in [0.5, 0.6) is 0 Å². The van der Waals surface area contributed by atoms with Crippen LogP contribution in [0.1, 0.15) is 56.5 Å². The SMILES string of the molecule is CCCCON1C(=O)N2C[C@@H]1CC[C@H]2c1nnc(C(N)CO)o1. The number of carbonyl (C=O) groups is 1. The van der Waals surface area contributed by atoms with Crippen molar-refractivity contribution in [2.24, 2.45) is 5.73 Å². The van der Waals surface area contributed by atoms with Crippen LogP contribution in [0.4, 0.5) is 4.79 Å². The molecule has 128 valence electrons. The molecule has 0 spiro atoms. The quantitative estimate of drug-likeness (QED) is 0.710. The molecular formula is C14H23N5O4. The number of hydroxylamine groups is 2. The lowest BCUT2D eigenvalue weighted by Crippen LogP contribution is -2.34. The molecule has 3 atom stereocenters. The van der Waals surface area contributed by atoms with Crippen molar-refractivity contribution in [1.29, 1.82) is 0 Å². The zero-order valence-corrected chi connectivity index (χ0v) is 13.2. The van der Waals surface area contributed by atoms with Crippen molar-refractivity contribution < 1.29 is 19.2 Å². The third-order valence-corrected chi connectivity index (χ3v) is 4.31. The number of rotatable bonds is 7. The highest BCUT2D eigenvalue weighted by Gasteiger charge is 2.47. The molecule has 2 saturated heterocycles. The largest absolute Gasteiger partial charge is 0.421 e. The van der Waals surface area contributed by atoms with Gasteiger partial charge in [0, 0.05) is 6.54 Å². The first-order valence-corrected chi connectivity index (χ1v) is 8.08. The minimum Gasteiger partial charge on any atom is -0.421 e. The summed E-state index contributed by atoms with van der Waals surface area (Å²) >= 11 is 0. The van der Waals surface area contributed by atoms with Crippen LogP contribution in [0.15, 0.2) is 4.42 Å². The summed E-state index contributed by atoms with van der Waals surface area (Å²) in [7, 11) is 0. The van der Waals surface area contributed by atoms with Gasteiger partial charge in [-0.15, -0.1) is 10.2 Å². The maximum Gasteiger partial charge on any atom is 0.345 e. The van der Waals surface area contributed by atoms with E-state index in [9.17, 15) is 4.79 Å². The molecule has 2 aliphatic rings. The first kappa shape index (κ1) is 16.2. The summed E-state index contributed by atoms with van der Waals surface area (Å²) in [5.41, 5.74) is 5.67. The number of amides is 2. The summed E-state index contributed by atoms with van der Waals surface area (Å²) in [6.45, 7) is 2.96. The molecule has 9 nitrogen and oxygen atoms in total. The van der Waals surface area contributed by atoms with E-state index in [0.29, 0.717) is 19.0 Å². The number of carbonyl (C=O) groups excluding carboxylic acids is 1. The predicted octanol–water partition coefficient (Wildman–Crippen LogP) is 0.734. The summed E-state index contributed by atoms with van der Waals surface area (Å²) in [6.07, 6.45) is 3.50. The molecule has 0 aromatic carbocycles. The second-order valence-corrected chi connectivity index (χ2v) is 5.96. The fourth-order valence-electron chi connectivity index (χ4n) is 2.97. The Balaban J connectivity index is 1.70. The van der Waals surface area contributed by atoms with E-state index in [2.05, 4.69) is 17.1 Å². The Morgan fingerprint density at radius 1 is 1.48 bits per heavy atom. The molecule has 2 amide bonds. The normalized spacial score (nSPS) is 25.3. The molecule has 2 fully saturated rings. The van der Waals surface area contributed by atoms with Gasteiger partial charge in [0.2, 0.25) is 11.8 Å². The molecule has 9 heteroatoms. The minimum absolute atomic E-state index is 0.0812. The third kappa shape index (κ3) is 3.04. The number of fused-ring (bicyclic) bond motifs is 2. The number of unbranched alkanes of at least 4 members (excludes halogenated alkanes) is 1. The maximum absolute atomic E-state index is 12.5. The average Bonchev–Trinajstić information content (AvgIpc) is 3.14. The molecule has 1 aromatic rings. The highest BCUT2D eigenvalue weighted by molar-refractivity contribution is 5.77. The van der Waals surface area contributed by atoms with E-state index in [4.69, 9.17) is 20.1 Å². The van der Waals surface area contributed by atoms with Crippen LogP contribution in [0.3, 0.4) is 0 Å². The van der Waals surface area contributed by atoms with E-state index in [1.165, 1.54) is 5.06 Å². The summed E-state index contributed by atoms with van der Waals surface area (Å²) in [5.74, 6) is 0.554. The highest BCUT2D eigenvalue weighted by Crippen LogP contribution is 2.38. The van der Waals surface area contributed by atoms with Crippen molar-refractivity contribution in [3.05, 3.63) is 11.8 Å². The van der Waals surface area contributed by atoms with E-state index in [0.717, 1.165) is 25.7 Å². The number of urea groups is 1. The monoisotopic (exact) mass is 325 g/mol. The molecule has 2 aliphatic heterocycles. The van der Waals surface area contributed by atoms with Gasteiger partial charge in [-0.05, 0) is 19.3 Å². The Bertz CT molecular complexity index is 551. The molecular weight excluding hydrogens is 302 g/mol. The van der Waals surface area contributed by atoms with Gasteiger partial charge in [0.15, 0.2) is 0 Å². The lowest BCUT2D eigenvalue weighted by molar-refractivity contribution is -0.130. The van der Waals surface area contributed by atoms with Gasteiger partial charge in [-0.3, -0.25) is 4.84 Å². The van der Waals surface area contributed by atoms with Gasteiger partial charge < -0.3 is 20.2 Å². The first-order chi connectivity index (χ1) is 11.2. The van der Waals surface area contributed by atoms with Gasteiger partial charge in [-0.1, -0.05) is 13.3 Å². The molecule has 0 radical (unpaired) electrons. The molecule has 3 rings (SSSR count). The standard InChI is InChI=1S/C14H23N5O4/c1-2-3-6-22-19-9-4-5-11(18(7-9)14(19)21)13-17-16-12(23-13)10(15)8-20/h9-11,20H,2-8,15H2,1H3/t9-,10?,11-/m0/s1. The summed E-state index contributed by atoms with van der Waals surface area (Å²) in [5, 5.41) is 18.4. The lowest BCUT2D eigenvalue weighted by Gasteiger charge is -2.27. The number of hydrogen-bond acceptors (Lipinski definition) is 7. The van der Waals surface area contributed by atoms with Crippen molar-refractivity contribution in [3.63, 3.8) is 0 Å². The van der Waals surface area contributed by atoms with Crippen LogP contribution in [-0.2, 0) is 4.84 Å². The molecule has 0 aliphatic carbocycles. The molecule has 23 heavy (non-hydrogen) atoms. The van der Waals surface area contributed by atoms with Crippen LogP contribution >= 0.6 is 0 Å². The number of aromatic nitrogens is 2. The van der Waals surface area contributed by atoms with E-state index < -0.39 is 6.04 Å². The van der Waals surface area contributed by atoms with Crippen LogP contribution in [0, 0.1) is 0 Å². The Labute approximate surface area is 134 Å². The smallest absolute Gasteiger partial charge is 0.345 e. The van der Waals surface area contributed by atoms with Gasteiger partial charge in [0.25, 0.3) is 0 Å². The Kier molecular flexibility index (Phi) is 4.79. The van der Waals surface area contributed by atoms with Gasteiger partial charge in [0.1, 0.15) is 12.1 Å². The van der Waals surface area contributed by atoms with Crippen LogP contribution in [0.2, 0.25) is 0 Å². The molecule has 1 aromatic heterocycles. The number of piperidine rings is 1. The molecule has 0 saturated carbocycles. The average molecular weight is 325 g/mol. The van der Waals surface area contributed by atoms with E-state index in [1.807, 2.05) is 0 Å². The topological polar surface area (TPSA) is 118 Å². The van der Waals surface area contributed by atoms with E-state index in [1.54, 1.807) is 4.90 Å². The molecule has 3 heterocycles. The van der Waals surface area contributed by atoms with Crippen molar-refractivity contribution in [1.82, 2.24) is 20.2 Å². The maximum atomic E-state index is 12.5. The lowest BCUT2D eigenvalue weighted by atomic mass is 10.0. The van der Waals surface area contributed by atoms with E-state index >= 15 is 0 Å². The summed E-state index contributed by atoms with van der Waals surface area (Å²) in [6, 6.07) is -1.03. The molecule has 3 N–H and O–H groups in total. The number of nitrogens with two attached hydrogens (primary N) is 1. The fraction of sp³-hybridized carbons (Fsp3) is 0.786. The van der Waals surface area contributed by atoms with Gasteiger partial charge in [-0.2, -0.15) is 5.06 Å². The Morgan fingerprint density at radius 2 is 2.30 bits per heavy atom. The molecule has 2 bridgehead atoms. The van der Waals surface area contributed by atoms with Gasteiger partial charge >= 0.3 is 6.03 Å². The Morgan fingerprint density at radius 3 is 3.04 bits per heavy atom. The third-order valence-electron chi connectivity index (χ3n) is 4.31. The van der Waals surface area contributed by atoms with Crippen LogP contribution < -0.4 is 5.73 Å². The van der Waals surface area contributed by atoms with Crippen molar-refractivity contribution in [2.75, 3.05) is 19.8 Å². The number of aliphatic hydroxyl groups excluding tert-OH is 1.